The molecule has 0 saturated heterocycles. The summed E-state index contributed by atoms with van der Waals surface area (Å²) in [7, 11) is 0. The fourth-order valence-corrected chi connectivity index (χ4v) is 3.83. The van der Waals surface area contributed by atoms with Crippen molar-refractivity contribution in [2.24, 2.45) is 0 Å². The topological polar surface area (TPSA) is 75.2 Å². The molecule has 6 heteroatoms. The van der Waals surface area contributed by atoms with Crippen molar-refractivity contribution >= 4 is 16.8 Å². The summed E-state index contributed by atoms with van der Waals surface area (Å²) in [6, 6.07) is 15.7. The molecule has 1 aliphatic rings. The van der Waals surface area contributed by atoms with Crippen molar-refractivity contribution in [3.05, 3.63) is 80.5 Å². The number of nitrogens with one attached hydrogen (secondary N) is 1. The first kappa shape index (κ1) is 20.1. The second-order valence-electron chi connectivity index (χ2n) is 8.33. The van der Waals surface area contributed by atoms with E-state index in [2.05, 4.69) is 43.1 Å². The van der Waals surface area contributed by atoms with Gasteiger partial charge < -0.3 is 4.90 Å². The van der Waals surface area contributed by atoms with Gasteiger partial charge in [0.2, 0.25) is 5.91 Å². The molecule has 0 aliphatic heterocycles. The van der Waals surface area contributed by atoms with Gasteiger partial charge in [0.05, 0.1) is 10.9 Å². The Labute approximate surface area is 175 Å². The summed E-state index contributed by atoms with van der Waals surface area (Å²) in [6.07, 6.45) is 2.27. The van der Waals surface area contributed by atoms with Gasteiger partial charge >= 0.3 is 5.69 Å². The predicted molar refractivity (Wildman–Crippen MR) is 118 cm³/mol. The predicted octanol–water partition coefficient (Wildman–Crippen LogP) is 3.39. The first-order valence-corrected chi connectivity index (χ1v) is 10.5. The van der Waals surface area contributed by atoms with E-state index in [1.165, 1.54) is 10.1 Å². The number of rotatable bonds is 7. The highest BCUT2D eigenvalue weighted by atomic mass is 16.2. The molecule has 0 unspecified atom stereocenters. The molecular weight excluding hydrogens is 378 g/mol. The number of para-hydroxylation sites is 1. The maximum atomic E-state index is 13.0. The van der Waals surface area contributed by atoms with E-state index >= 15 is 0 Å². The summed E-state index contributed by atoms with van der Waals surface area (Å²) >= 11 is 0. The zero-order valence-corrected chi connectivity index (χ0v) is 17.4. The van der Waals surface area contributed by atoms with E-state index < -0.39 is 11.2 Å². The number of aromatic nitrogens is 2. The Bertz CT molecular complexity index is 1170. The second-order valence-corrected chi connectivity index (χ2v) is 8.33. The molecule has 1 aromatic heterocycles. The highest BCUT2D eigenvalue weighted by Gasteiger charge is 2.32. The van der Waals surface area contributed by atoms with Crippen LogP contribution >= 0.6 is 0 Å². The molecule has 4 rings (SSSR count). The first-order valence-electron chi connectivity index (χ1n) is 10.5. The third kappa shape index (κ3) is 4.22. The molecule has 0 bridgehead atoms. The SMILES string of the molecule is CC(C)c1ccc(CN(C(=O)CCn2c(=O)[nH]c(=O)c3ccccc32)C2CC2)cc1. The van der Waals surface area contributed by atoms with Crippen molar-refractivity contribution in [3.8, 4) is 0 Å². The Balaban J connectivity index is 1.50. The number of aryl methyl sites for hydroxylation is 1. The van der Waals surface area contributed by atoms with Crippen molar-refractivity contribution in [2.75, 3.05) is 0 Å². The van der Waals surface area contributed by atoms with Gasteiger partial charge in [-0.3, -0.25) is 19.1 Å². The lowest BCUT2D eigenvalue weighted by atomic mass is 10.0. The van der Waals surface area contributed by atoms with Crippen LogP contribution in [0.4, 0.5) is 0 Å². The van der Waals surface area contributed by atoms with Crippen LogP contribution in [0.5, 0.6) is 0 Å². The van der Waals surface area contributed by atoms with Gasteiger partial charge in [-0.25, -0.2) is 4.79 Å². The van der Waals surface area contributed by atoms with Crippen LogP contribution in [0.1, 0.15) is 50.2 Å². The Kier molecular flexibility index (Phi) is 5.57. The molecule has 156 valence electrons. The molecule has 1 aliphatic carbocycles. The van der Waals surface area contributed by atoms with E-state index in [-0.39, 0.29) is 24.9 Å². The van der Waals surface area contributed by atoms with Crippen molar-refractivity contribution in [2.45, 2.75) is 58.2 Å². The molecule has 1 N–H and O–H groups in total. The zero-order chi connectivity index (χ0) is 21.3. The number of hydrogen-bond donors (Lipinski definition) is 1. The fourth-order valence-electron chi connectivity index (χ4n) is 3.83. The summed E-state index contributed by atoms with van der Waals surface area (Å²) in [5.74, 6) is 0.512. The number of amides is 1. The van der Waals surface area contributed by atoms with E-state index in [9.17, 15) is 14.4 Å². The Morgan fingerprint density at radius 1 is 1.10 bits per heavy atom. The molecule has 1 amide bonds. The molecular formula is C24H27N3O3. The van der Waals surface area contributed by atoms with Gasteiger partial charge in [-0.2, -0.15) is 0 Å². The van der Waals surface area contributed by atoms with Gasteiger partial charge in [-0.15, -0.1) is 0 Å². The first-order chi connectivity index (χ1) is 14.4. The Morgan fingerprint density at radius 3 is 2.47 bits per heavy atom. The minimum atomic E-state index is -0.478. The van der Waals surface area contributed by atoms with E-state index in [1.54, 1.807) is 24.3 Å². The molecule has 3 aromatic rings. The van der Waals surface area contributed by atoms with E-state index in [0.29, 0.717) is 23.4 Å². The molecule has 2 aromatic carbocycles. The van der Waals surface area contributed by atoms with Crippen molar-refractivity contribution < 1.29 is 4.79 Å². The third-order valence-electron chi connectivity index (χ3n) is 5.76. The van der Waals surface area contributed by atoms with Crippen LogP contribution in [0.15, 0.2) is 58.1 Å². The zero-order valence-electron chi connectivity index (χ0n) is 17.4. The van der Waals surface area contributed by atoms with E-state index in [0.717, 1.165) is 18.4 Å². The maximum Gasteiger partial charge on any atom is 0.328 e. The average Bonchev–Trinajstić information content (AvgIpc) is 3.57. The van der Waals surface area contributed by atoms with E-state index in [1.807, 2.05) is 4.90 Å². The van der Waals surface area contributed by atoms with Gasteiger partial charge in [0.1, 0.15) is 0 Å². The van der Waals surface area contributed by atoms with Crippen LogP contribution in [0.2, 0.25) is 0 Å². The Morgan fingerprint density at radius 2 is 1.80 bits per heavy atom. The molecule has 0 radical (unpaired) electrons. The van der Waals surface area contributed by atoms with Gasteiger partial charge in [0.15, 0.2) is 0 Å². The highest BCUT2D eigenvalue weighted by molar-refractivity contribution is 5.79. The molecule has 1 fully saturated rings. The normalized spacial score (nSPS) is 13.7. The summed E-state index contributed by atoms with van der Waals surface area (Å²) < 4.78 is 1.48. The molecule has 1 heterocycles. The van der Waals surface area contributed by atoms with Crippen LogP contribution < -0.4 is 11.2 Å². The average molecular weight is 405 g/mol. The quantitative estimate of drug-likeness (QED) is 0.655. The number of H-pyrrole nitrogens is 1. The van der Waals surface area contributed by atoms with Gasteiger partial charge in [0.25, 0.3) is 5.56 Å². The van der Waals surface area contributed by atoms with Crippen molar-refractivity contribution in [1.29, 1.82) is 0 Å². The van der Waals surface area contributed by atoms with Crippen LogP contribution in [0.3, 0.4) is 0 Å². The number of hydrogen-bond acceptors (Lipinski definition) is 3. The molecule has 1 saturated carbocycles. The minimum Gasteiger partial charge on any atom is -0.335 e. The number of carbonyl (C=O) groups excluding carboxylic acids is 1. The molecule has 0 spiro atoms. The monoisotopic (exact) mass is 405 g/mol. The van der Waals surface area contributed by atoms with Crippen LogP contribution in [-0.2, 0) is 17.9 Å². The summed E-state index contributed by atoms with van der Waals surface area (Å²) in [5, 5.41) is 0.453. The van der Waals surface area contributed by atoms with Gasteiger partial charge in [-0.1, -0.05) is 50.2 Å². The lowest BCUT2D eigenvalue weighted by Gasteiger charge is -2.23. The summed E-state index contributed by atoms with van der Waals surface area (Å²) in [4.78, 5) is 41.7. The number of aromatic amines is 1. The standard InChI is InChI=1S/C24H27N3O3/c1-16(2)18-9-7-17(8-10-18)15-27(19-11-12-19)22(28)13-14-26-21-6-4-3-5-20(21)23(29)25-24(26)30/h3-10,16,19H,11-15H2,1-2H3,(H,25,29,30). The number of nitrogens with zero attached hydrogens (tertiary/aromatic N) is 2. The van der Waals surface area contributed by atoms with Crippen molar-refractivity contribution in [3.63, 3.8) is 0 Å². The number of carbonyl (C=O) groups is 1. The van der Waals surface area contributed by atoms with Crippen LogP contribution in [-0.4, -0.2) is 26.4 Å². The molecule has 0 atom stereocenters. The molecule has 6 nitrogen and oxygen atoms in total. The van der Waals surface area contributed by atoms with Gasteiger partial charge in [0, 0.05) is 25.6 Å². The van der Waals surface area contributed by atoms with Crippen LogP contribution in [0.25, 0.3) is 10.9 Å². The largest absolute Gasteiger partial charge is 0.335 e. The fraction of sp³-hybridized carbons (Fsp3) is 0.375. The highest BCUT2D eigenvalue weighted by Crippen LogP contribution is 2.29. The number of fused-ring (bicyclic) bond motifs is 1. The summed E-state index contributed by atoms with van der Waals surface area (Å²) in [6.45, 7) is 5.16. The molecule has 30 heavy (non-hydrogen) atoms. The van der Waals surface area contributed by atoms with Crippen molar-refractivity contribution in [1.82, 2.24) is 14.5 Å². The lowest BCUT2D eigenvalue weighted by molar-refractivity contribution is -0.132. The number of benzene rings is 2. The lowest BCUT2D eigenvalue weighted by Crippen LogP contribution is -2.35. The smallest absolute Gasteiger partial charge is 0.328 e. The van der Waals surface area contributed by atoms with Gasteiger partial charge in [-0.05, 0) is 42.0 Å². The Hall–Kier alpha value is -3.15. The minimum absolute atomic E-state index is 0.0348. The summed E-state index contributed by atoms with van der Waals surface area (Å²) in [5.41, 5.74) is 2.08. The second kappa shape index (κ2) is 8.30. The maximum absolute atomic E-state index is 13.0. The van der Waals surface area contributed by atoms with Crippen LogP contribution in [0, 0.1) is 0 Å². The third-order valence-corrected chi connectivity index (χ3v) is 5.76. The van der Waals surface area contributed by atoms with E-state index in [4.69, 9.17) is 0 Å².